The number of aliphatic hydroxyl groups excluding tert-OH is 1. The number of esters is 1. The van der Waals surface area contributed by atoms with Gasteiger partial charge in [0.05, 0.1) is 6.04 Å². The average Bonchev–Trinajstić information content (AvgIpc) is 2.85. The Morgan fingerprint density at radius 2 is 1.61 bits per heavy atom. The molecule has 2 unspecified atom stereocenters. The molecule has 3 aromatic rings. The van der Waals surface area contributed by atoms with E-state index in [9.17, 15) is 9.59 Å². The molecular weight excluding hydrogens is 414 g/mol. The molecular formula is C28H29NO4. The fraction of sp³-hybridized carbons (Fsp3) is 0.286. The average molecular weight is 444 g/mol. The largest absolute Gasteiger partial charge is 0.425 e. The molecule has 2 atom stereocenters. The molecule has 170 valence electrons. The van der Waals surface area contributed by atoms with E-state index in [4.69, 9.17) is 9.84 Å². The van der Waals surface area contributed by atoms with Crippen molar-refractivity contribution < 1.29 is 19.4 Å². The van der Waals surface area contributed by atoms with Crippen LogP contribution in [0.4, 0.5) is 0 Å². The summed E-state index contributed by atoms with van der Waals surface area (Å²) in [5.74, 6) is 0.0116. The number of benzene rings is 3. The van der Waals surface area contributed by atoms with Crippen molar-refractivity contribution in [3.05, 3.63) is 101 Å². The maximum atomic E-state index is 12.5. The number of ether oxygens (including phenoxy) is 1. The van der Waals surface area contributed by atoms with Crippen LogP contribution in [0.25, 0.3) is 0 Å². The summed E-state index contributed by atoms with van der Waals surface area (Å²) in [6.45, 7) is 0.737. The van der Waals surface area contributed by atoms with Crippen LogP contribution in [-0.4, -0.2) is 34.9 Å². The molecule has 5 nitrogen and oxygen atoms in total. The number of carbonyl (C=O) groups excluding carboxylic acids is 2. The van der Waals surface area contributed by atoms with Crippen LogP contribution in [0.1, 0.15) is 28.7 Å². The minimum atomic E-state index is -0.659. The maximum Gasteiger partial charge on any atom is 0.337 e. The number of carbonyl (C=O) groups is 2. The van der Waals surface area contributed by atoms with Crippen molar-refractivity contribution in [3.8, 4) is 5.75 Å². The summed E-state index contributed by atoms with van der Waals surface area (Å²) in [6.07, 6.45) is 3.38. The minimum Gasteiger partial charge on any atom is -0.425 e. The van der Waals surface area contributed by atoms with Crippen molar-refractivity contribution in [1.82, 2.24) is 4.90 Å². The van der Waals surface area contributed by atoms with Crippen molar-refractivity contribution in [2.45, 2.75) is 38.4 Å². The molecule has 0 amide bonds. The molecule has 4 rings (SSSR count). The summed E-state index contributed by atoms with van der Waals surface area (Å²) in [7, 11) is 0. The van der Waals surface area contributed by atoms with Crippen molar-refractivity contribution in [2.24, 2.45) is 5.92 Å². The van der Waals surface area contributed by atoms with Gasteiger partial charge in [0, 0.05) is 13.1 Å². The second-order valence-electron chi connectivity index (χ2n) is 8.53. The molecule has 0 saturated heterocycles. The van der Waals surface area contributed by atoms with Crippen LogP contribution in [0, 0.1) is 5.92 Å². The van der Waals surface area contributed by atoms with Gasteiger partial charge in [0.2, 0.25) is 0 Å². The Morgan fingerprint density at radius 3 is 2.18 bits per heavy atom. The Bertz CT molecular complexity index is 1030. The van der Waals surface area contributed by atoms with Gasteiger partial charge in [0.15, 0.2) is 0 Å². The fourth-order valence-electron chi connectivity index (χ4n) is 4.74. The van der Waals surface area contributed by atoms with E-state index in [1.807, 2.05) is 48.5 Å². The third-order valence-electron chi connectivity index (χ3n) is 6.33. The quantitative estimate of drug-likeness (QED) is 0.308. The van der Waals surface area contributed by atoms with Crippen LogP contribution in [0.5, 0.6) is 5.75 Å². The van der Waals surface area contributed by atoms with Crippen molar-refractivity contribution in [3.63, 3.8) is 0 Å². The molecule has 0 radical (unpaired) electrons. The first-order valence-corrected chi connectivity index (χ1v) is 11.4. The van der Waals surface area contributed by atoms with Gasteiger partial charge in [0.25, 0.3) is 0 Å². The molecule has 1 aliphatic carbocycles. The van der Waals surface area contributed by atoms with Gasteiger partial charge in [-0.05, 0) is 53.5 Å². The van der Waals surface area contributed by atoms with Gasteiger partial charge in [-0.2, -0.15) is 0 Å². The number of aldehydes is 1. The molecule has 0 heterocycles. The summed E-state index contributed by atoms with van der Waals surface area (Å²) >= 11 is 0. The molecule has 0 fully saturated rings. The minimum absolute atomic E-state index is 0.159. The van der Waals surface area contributed by atoms with Gasteiger partial charge in [0.1, 0.15) is 18.6 Å². The van der Waals surface area contributed by atoms with Gasteiger partial charge in [-0.15, -0.1) is 0 Å². The number of aliphatic hydroxyl groups is 1. The van der Waals surface area contributed by atoms with Crippen LogP contribution < -0.4 is 4.74 Å². The molecule has 1 N–H and O–H groups in total. The molecule has 3 aromatic carbocycles. The van der Waals surface area contributed by atoms with Crippen LogP contribution in [0.3, 0.4) is 0 Å². The highest BCUT2D eigenvalue weighted by atomic mass is 16.5. The van der Waals surface area contributed by atoms with Crippen LogP contribution >= 0.6 is 0 Å². The topological polar surface area (TPSA) is 66.8 Å². The third-order valence-corrected chi connectivity index (χ3v) is 6.33. The van der Waals surface area contributed by atoms with Gasteiger partial charge in [-0.3, -0.25) is 4.90 Å². The second kappa shape index (κ2) is 11.0. The molecule has 0 bridgehead atoms. The Kier molecular flexibility index (Phi) is 7.66. The van der Waals surface area contributed by atoms with E-state index in [-0.39, 0.29) is 12.0 Å². The molecule has 0 spiro atoms. The standard InChI is InChI=1S/C28H29NO4/c30-19-26(24-14-15-25-23(16-24)12-7-13-27(25)33-28(32)20-31)29(17-21-8-3-1-4-9-21)18-22-10-5-2-6-11-22/h1-13,19,24,26,31H,14-18,20H2. The SMILES string of the molecule is O=CC(C1CCc2c(cccc2OC(=O)CO)C1)N(Cc1ccccc1)Cc1ccccc1. The molecule has 0 saturated carbocycles. The Morgan fingerprint density at radius 1 is 0.970 bits per heavy atom. The first kappa shape index (κ1) is 22.9. The first-order valence-electron chi connectivity index (χ1n) is 11.4. The number of hydrogen-bond acceptors (Lipinski definition) is 5. The number of nitrogens with zero attached hydrogens (tertiary/aromatic N) is 1. The van der Waals surface area contributed by atoms with E-state index in [2.05, 4.69) is 29.2 Å². The predicted molar refractivity (Wildman–Crippen MR) is 127 cm³/mol. The highest BCUT2D eigenvalue weighted by Gasteiger charge is 2.32. The maximum absolute atomic E-state index is 12.5. The first-order chi connectivity index (χ1) is 16.2. The van der Waals surface area contributed by atoms with E-state index in [0.29, 0.717) is 18.8 Å². The Hall–Kier alpha value is -3.28. The highest BCUT2D eigenvalue weighted by Crippen LogP contribution is 2.35. The lowest BCUT2D eigenvalue weighted by Gasteiger charge is -2.36. The monoisotopic (exact) mass is 443 g/mol. The number of rotatable bonds is 9. The lowest BCUT2D eigenvalue weighted by molar-refractivity contribution is -0.137. The molecule has 0 aliphatic heterocycles. The summed E-state index contributed by atoms with van der Waals surface area (Å²) in [5, 5.41) is 9.03. The zero-order valence-corrected chi connectivity index (χ0v) is 18.6. The number of hydrogen-bond donors (Lipinski definition) is 1. The summed E-state index contributed by atoms with van der Waals surface area (Å²) in [6, 6.07) is 25.9. The molecule has 0 aromatic heterocycles. The van der Waals surface area contributed by atoms with Crippen molar-refractivity contribution in [1.29, 1.82) is 0 Å². The van der Waals surface area contributed by atoms with Gasteiger partial charge in [-0.25, -0.2) is 4.79 Å². The predicted octanol–water partition coefficient (Wildman–Crippen LogP) is 3.96. The smallest absolute Gasteiger partial charge is 0.337 e. The van der Waals surface area contributed by atoms with E-state index in [0.717, 1.165) is 36.7 Å². The molecule has 5 heteroatoms. The lowest BCUT2D eigenvalue weighted by atomic mass is 9.79. The fourth-order valence-corrected chi connectivity index (χ4v) is 4.74. The number of fused-ring (bicyclic) bond motifs is 1. The van der Waals surface area contributed by atoms with E-state index in [1.165, 1.54) is 11.1 Å². The van der Waals surface area contributed by atoms with Gasteiger partial charge in [-0.1, -0.05) is 72.8 Å². The Balaban J connectivity index is 1.57. The van der Waals surface area contributed by atoms with E-state index >= 15 is 0 Å². The molecule has 1 aliphatic rings. The van der Waals surface area contributed by atoms with Gasteiger partial charge < -0.3 is 14.6 Å². The van der Waals surface area contributed by atoms with E-state index < -0.39 is 12.6 Å². The zero-order valence-electron chi connectivity index (χ0n) is 18.6. The Labute approximate surface area is 194 Å². The van der Waals surface area contributed by atoms with Crippen LogP contribution in [0.15, 0.2) is 78.9 Å². The normalized spacial score (nSPS) is 16.1. The van der Waals surface area contributed by atoms with Crippen molar-refractivity contribution in [2.75, 3.05) is 6.61 Å². The lowest BCUT2D eigenvalue weighted by Crippen LogP contribution is -2.43. The summed E-state index contributed by atoms with van der Waals surface area (Å²) in [5.41, 5.74) is 4.45. The summed E-state index contributed by atoms with van der Waals surface area (Å²) < 4.78 is 5.32. The highest BCUT2D eigenvalue weighted by molar-refractivity contribution is 5.74. The van der Waals surface area contributed by atoms with Gasteiger partial charge >= 0.3 is 5.97 Å². The van der Waals surface area contributed by atoms with E-state index in [1.54, 1.807) is 6.07 Å². The summed E-state index contributed by atoms with van der Waals surface area (Å²) in [4.78, 5) is 26.3. The third kappa shape index (κ3) is 5.75. The second-order valence-corrected chi connectivity index (χ2v) is 8.53. The van der Waals surface area contributed by atoms with Crippen molar-refractivity contribution >= 4 is 12.3 Å². The van der Waals surface area contributed by atoms with Crippen LogP contribution in [0.2, 0.25) is 0 Å². The zero-order chi connectivity index (χ0) is 23.0. The molecule has 33 heavy (non-hydrogen) atoms. The van der Waals surface area contributed by atoms with Crippen LogP contribution in [-0.2, 0) is 35.5 Å².